The average Bonchev–Trinajstić information content (AvgIpc) is 3.08. The Hall–Kier alpha value is -2.21. The average molecular weight is 389 g/mol. The van der Waals surface area contributed by atoms with Crippen LogP contribution in [0.1, 0.15) is 33.1 Å². The van der Waals surface area contributed by atoms with Gasteiger partial charge in [-0.15, -0.1) is 0 Å². The van der Waals surface area contributed by atoms with Crippen molar-refractivity contribution in [2.24, 2.45) is 21.8 Å². The second-order valence-corrected chi connectivity index (χ2v) is 7.66. The maximum Gasteiger partial charge on any atom is 0.256 e. The molecule has 0 aromatic heterocycles. The Balaban J connectivity index is 1.40. The van der Waals surface area contributed by atoms with E-state index >= 15 is 0 Å². The quantitative estimate of drug-likeness (QED) is 0.813. The molecule has 1 saturated heterocycles. The van der Waals surface area contributed by atoms with Gasteiger partial charge in [0.1, 0.15) is 5.84 Å². The molecule has 1 aromatic carbocycles. The number of anilines is 1. The fraction of sp³-hybridized carbons (Fsp3) is 0.500. The zero-order chi connectivity index (χ0) is 19.4. The molecular weight excluding hydrogens is 364 g/mol. The minimum atomic E-state index is -0.369. The summed E-state index contributed by atoms with van der Waals surface area (Å²) in [5.41, 5.74) is 1.91. The van der Waals surface area contributed by atoms with Crippen LogP contribution in [0.15, 0.2) is 34.3 Å². The number of carbonyl (C=O) groups excluding carboxylic acids is 2. The third-order valence-electron chi connectivity index (χ3n) is 5.14. The normalized spacial score (nSPS) is 22.5. The van der Waals surface area contributed by atoms with Gasteiger partial charge in [0.15, 0.2) is 0 Å². The minimum absolute atomic E-state index is 0.0215. The number of carbonyl (C=O) groups is 2. The van der Waals surface area contributed by atoms with Crippen LogP contribution >= 0.6 is 11.6 Å². The number of rotatable bonds is 6. The van der Waals surface area contributed by atoms with Crippen molar-refractivity contribution in [3.8, 4) is 0 Å². The number of nitrogens with zero attached hydrogens (tertiary/aromatic N) is 3. The summed E-state index contributed by atoms with van der Waals surface area (Å²) in [6.07, 6.45) is 1.81. The molecule has 6 nitrogen and oxygen atoms in total. The standard InChI is InChI=1S/C20H25ClN4O2/c1-13-18(20(27)24-14(2)23-13)7-8-19(26)22-11-15-9-10-25(12-15)17-5-3-16(21)4-6-17/h3-6,15,18H,7-12H2,1-2H3,(H,22,26). The van der Waals surface area contributed by atoms with Gasteiger partial charge in [0.25, 0.3) is 5.91 Å². The van der Waals surface area contributed by atoms with E-state index in [-0.39, 0.29) is 17.7 Å². The zero-order valence-electron chi connectivity index (χ0n) is 15.7. The van der Waals surface area contributed by atoms with Gasteiger partial charge in [0, 0.05) is 42.5 Å². The zero-order valence-corrected chi connectivity index (χ0v) is 16.5. The monoisotopic (exact) mass is 388 g/mol. The Bertz CT molecular complexity index is 773. The lowest BCUT2D eigenvalue weighted by atomic mass is 9.96. The molecule has 0 saturated carbocycles. The van der Waals surface area contributed by atoms with Crippen molar-refractivity contribution in [3.63, 3.8) is 0 Å². The molecule has 0 radical (unpaired) electrons. The first-order valence-corrected chi connectivity index (χ1v) is 9.71. The van der Waals surface area contributed by atoms with Gasteiger partial charge in [-0.3, -0.25) is 9.59 Å². The molecule has 0 bridgehead atoms. The van der Waals surface area contributed by atoms with E-state index in [4.69, 9.17) is 11.6 Å². The van der Waals surface area contributed by atoms with Crippen LogP contribution < -0.4 is 10.2 Å². The Kier molecular flexibility index (Phi) is 6.26. The van der Waals surface area contributed by atoms with Crippen LogP contribution in [0.5, 0.6) is 0 Å². The van der Waals surface area contributed by atoms with Crippen molar-refractivity contribution in [1.82, 2.24) is 5.32 Å². The van der Waals surface area contributed by atoms with Crippen LogP contribution in [-0.2, 0) is 9.59 Å². The summed E-state index contributed by atoms with van der Waals surface area (Å²) in [5.74, 6) is 0.335. The molecule has 144 valence electrons. The van der Waals surface area contributed by atoms with Crippen molar-refractivity contribution < 1.29 is 9.59 Å². The van der Waals surface area contributed by atoms with E-state index in [1.165, 1.54) is 0 Å². The molecule has 2 unspecified atom stereocenters. The Labute approximate surface area is 164 Å². The predicted octanol–water partition coefficient (Wildman–Crippen LogP) is 3.10. The van der Waals surface area contributed by atoms with Gasteiger partial charge < -0.3 is 10.2 Å². The second-order valence-electron chi connectivity index (χ2n) is 7.22. The first kappa shape index (κ1) is 19.5. The maximum absolute atomic E-state index is 12.2. The van der Waals surface area contributed by atoms with Gasteiger partial charge in [-0.05, 0) is 56.9 Å². The van der Waals surface area contributed by atoms with Crippen molar-refractivity contribution >= 4 is 40.6 Å². The van der Waals surface area contributed by atoms with Gasteiger partial charge in [0.2, 0.25) is 5.91 Å². The fourth-order valence-corrected chi connectivity index (χ4v) is 3.74. The summed E-state index contributed by atoms with van der Waals surface area (Å²) >= 11 is 5.94. The molecule has 2 aliphatic heterocycles. The van der Waals surface area contributed by atoms with E-state index in [0.717, 1.165) is 35.9 Å². The number of hydrogen-bond donors (Lipinski definition) is 1. The first-order chi connectivity index (χ1) is 12.9. The highest BCUT2D eigenvalue weighted by Gasteiger charge is 2.26. The van der Waals surface area contributed by atoms with Crippen molar-refractivity contribution in [2.75, 3.05) is 24.5 Å². The summed E-state index contributed by atoms with van der Waals surface area (Å²) in [6.45, 7) is 6.09. The summed E-state index contributed by atoms with van der Waals surface area (Å²) in [5, 5.41) is 3.75. The van der Waals surface area contributed by atoms with E-state index in [0.29, 0.717) is 31.1 Å². The van der Waals surface area contributed by atoms with E-state index in [9.17, 15) is 9.59 Å². The summed E-state index contributed by atoms with van der Waals surface area (Å²) < 4.78 is 0. The molecule has 2 aliphatic rings. The molecule has 1 N–H and O–H groups in total. The van der Waals surface area contributed by atoms with Crippen LogP contribution in [-0.4, -0.2) is 43.0 Å². The molecule has 27 heavy (non-hydrogen) atoms. The lowest BCUT2D eigenvalue weighted by Gasteiger charge is -2.19. The Morgan fingerprint density at radius 3 is 2.70 bits per heavy atom. The van der Waals surface area contributed by atoms with Crippen molar-refractivity contribution in [1.29, 1.82) is 0 Å². The molecule has 1 aromatic rings. The van der Waals surface area contributed by atoms with Crippen LogP contribution in [0.3, 0.4) is 0 Å². The van der Waals surface area contributed by atoms with Gasteiger partial charge in [-0.25, -0.2) is 4.99 Å². The molecule has 2 amide bonds. The van der Waals surface area contributed by atoms with Gasteiger partial charge in [-0.2, -0.15) is 4.99 Å². The summed E-state index contributed by atoms with van der Waals surface area (Å²) in [6, 6.07) is 7.85. The molecule has 7 heteroatoms. The molecule has 2 atom stereocenters. The highest BCUT2D eigenvalue weighted by molar-refractivity contribution is 6.30. The molecule has 2 heterocycles. The van der Waals surface area contributed by atoms with Gasteiger partial charge in [0.05, 0.1) is 5.92 Å². The lowest BCUT2D eigenvalue weighted by molar-refractivity contribution is -0.122. The number of nitrogens with one attached hydrogen (secondary N) is 1. The van der Waals surface area contributed by atoms with E-state index in [1.54, 1.807) is 6.92 Å². The molecule has 3 rings (SSSR count). The fourth-order valence-electron chi connectivity index (χ4n) is 3.61. The number of amides is 2. The highest BCUT2D eigenvalue weighted by atomic mass is 35.5. The molecule has 0 aliphatic carbocycles. The second kappa shape index (κ2) is 8.65. The van der Waals surface area contributed by atoms with Crippen LogP contribution in [0.2, 0.25) is 5.02 Å². The van der Waals surface area contributed by atoms with Crippen LogP contribution in [0.25, 0.3) is 0 Å². The highest BCUT2D eigenvalue weighted by Crippen LogP contribution is 2.25. The topological polar surface area (TPSA) is 74.1 Å². The third-order valence-corrected chi connectivity index (χ3v) is 5.39. The number of amidine groups is 1. The number of halogens is 1. The minimum Gasteiger partial charge on any atom is -0.371 e. The molecule has 1 fully saturated rings. The number of benzene rings is 1. The predicted molar refractivity (Wildman–Crippen MR) is 109 cm³/mol. The van der Waals surface area contributed by atoms with Gasteiger partial charge in [-0.1, -0.05) is 11.6 Å². The smallest absolute Gasteiger partial charge is 0.256 e. The van der Waals surface area contributed by atoms with Crippen molar-refractivity contribution in [2.45, 2.75) is 33.1 Å². The molecular formula is C20H25ClN4O2. The summed E-state index contributed by atoms with van der Waals surface area (Å²) in [7, 11) is 0. The number of hydrogen-bond acceptors (Lipinski definition) is 4. The third kappa shape index (κ3) is 5.16. The SMILES string of the molecule is CC1=NC(=O)C(CCC(=O)NCC2CCN(c3ccc(Cl)cc3)C2)C(C)=N1. The lowest BCUT2D eigenvalue weighted by Crippen LogP contribution is -2.32. The van der Waals surface area contributed by atoms with E-state index in [1.807, 2.05) is 31.2 Å². The summed E-state index contributed by atoms with van der Waals surface area (Å²) in [4.78, 5) is 34.6. The van der Waals surface area contributed by atoms with Crippen LogP contribution in [0, 0.1) is 11.8 Å². The maximum atomic E-state index is 12.2. The first-order valence-electron chi connectivity index (χ1n) is 9.34. The van der Waals surface area contributed by atoms with E-state index < -0.39 is 0 Å². The van der Waals surface area contributed by atoms with Gasteiger partial charge >= 0.3 is 0 Å². The number of aliphatic imine (C=N–C) groups is 2. The largest absolute Gasteiger partial charge is 0.371 e. The molecule has 0 spiro atoms. The Morgan fingerprint density at radius 2 is 2.00 bits per heavy atom. The Morgan fingerprint density at radius 1 is 1.26 bits per heavy atom. The van der Waals surface area contributed by atoms with E-state index in [2.05, 4.69) is 20.2 Å². The van der Waals surface area contributed by atoms with Crippen LogP contribution in [0.4, 0.5) is 5.69 Å². The van der Waals surface area contributed by atoms with Crippen molar-refractivity contribution in [3.05, 3.63) is 29.3 Å².